The van der Waals surface area contributed by atoms with Crippen LogP contribution in [0.3, 0.4) is 0 Å². The molecule has 6 nitrogen and oxygen atoms in total. The molecule has 1 aliphatic rings. The van der Waals surface area contributed by atoms with Crippen molar-refractivity contribution >= 4 is 5.65 Å². The quantitative estimate of drug-likeness (QED) is 0.345. The smallest absolute Gasteiger partial charge is 0.416 e. The van der Waals surface area contributed by atoms with E-state index in [-0.39, 0.29) is 0 Å². The van der Waals surface area contributed by atoms with Crippen molar-refractivity contribution in [2.45, 2.75) is 19.0 Å². The highest BCUT2D eigenvalue weighted by atomic mass is 19.4. The van der Waals surface area contributed by atoms with Crippen LogP contribution in [0.4, 0.5) is 13.2 Å². The van der Waals surface area contributed by atoms with Crippen LogP contribution >= 0.6 is 0 Å². The molecule has 0 aliphatic carbocycles. The Balaban J connectivity index is 1.46. The molecule has 4 aromatic rings. The van der Waals surface area contributed by atoms with Crippen molar-refractivity contribution < 1.29 is 22.6 Å². The van der Waals surface area contributed by atoms with E-state index in [1.54, 1.807) is 22.8 Å². The number of halogens is 3. The molecule has 0 N–H and O–H groups in total. The molecule has 0 unspecified atom stereocenters. The van der Waals surface area contributed by atoms with Gasteiger partial charge in [0.15, 0.2) is 11.5 Å². The molecule has 0 saturated carbocycles. The fourth-order valence-corrected chi connectivity index (χ4v) is 4.36. The summed E-state index contributed by atoms with van der Waals surface area (Å²) in [6.45, 7) is 3.72. The molecule has 0 atom stereocenters. The molecule has 1 fully saturated rings. The molecule has 3 heterocycles. The Kier molecular flexibility index (Phi) is 6.34. The van der Waals surface area contributed by atoms with Gasteiger partial charge in [0.2, 0.25) is 0 Å². The minimum absolute atomic E-state index is 0.297. The van der Waals surface area contributed by atoms with Gasteiger partial charge in [0, 0.05) is 29.4 Å². The summed E-state index contributed by atoms with van der Waals surface area (Å²) < 4.78 is 53.0. The Labute approximate surface area is 200 Å². The first-order chi connectivity index (χ1) is 16.9. The molecule has 35 heavy (non-hydrogen) atoms. The number of rotatable bonds is 7. The van der Waals surface area contributed by atoms with Gasteiger partial charge in [-0.15, -0.1) is 5.10 Å². The van der Waals surface area contributed by atoms with Crippen LogP contribution < -0.4 is 9.47 Å². The number of likely N-dealkylation sites (tertiary alicyclic amines) is 1. The third kappa shape index (κ3) is 4.95. The van der Waals surface area contributed by atoms with Crippen molar-refractivity contribution in [1.82, 2.24) is 19.5 Å². The molecule has 182 valence electrons. The van der Waals surface area contributed by atoms with Gasteiger partial charge >= 0.3 is 6.18 Å². The summed E-state index contributed by atoms with van der Waals surface area (Å²) in [5.41, 5.74) is 1.22. The Morgan fingerprint density at radius 3 is 2.57 bits per heavy atom. The Morgan fingerprint density at radius 1 is 0.971 bits per heavy atom. The molecule has 9 heteroatoms. The van der Waals surface area contributed by atoms with E-state index in [1.807, 2.05) is 24.3 Å². The first-order valence-corrected chi connectivity index (χ1v) is 11.5. The predicted octanol–water partition coefficient (Wildman–Crippen LogP) is 5.57. The van der Waals surface area contributed by atoms with E-state index in [4.69, 9.17) is 9.47 Å². The summed E-state index contributed by atoms with van der Waals surface area (Å²) in [4.78, 5) is 7.05. The largest absolute Gasteiger partial charge is 0.496 e. The minimum atomic E-state index is -4.47. The van der Waals surface area contributed by atoms with Crippen LogP contribution in [0.5, 0.6) is 11.5 Å². The second-order valence-corrected chi connectivity index (χ2v) is 8.46. The van der Waals surface area contributed by atoms with Crippen LogP contribution in [-0.4, -0.2) is 52.8 Å². The summed E-state index contributed by atoms with van der Waals surface area (Å²) in [5, 5.41) is 4.56. The molecular formula is C26H25F3N4O2. The number of nitrogens with zero attached hydrogens (tertiary/aromatic N) is 4. The zero-order valence-electron chi connectivity index (χ0n) is 19.3. The average molecular weight is 483 g/mol. The summed E-state index contributed by atoms with van der Waals surface area (Å²) >= 11 is 0. The fourth-order valence-electron chi connectivity index (χ4n) is 4.36. The highest BCUT2D eigenvalue weighted by molar-refractivity contribution is 5.82. The molecule has 0 amide bonds. The lowest BCUT2D eigenvalue weighted by Crippen LogP contribution is -2.25. The van der Waals surface area contributed by atoms with Crippen molar-refractivity contribution in [2.24, 2.45) is 0 Å². The number of hydrogen-bond acceptors (Lipinski definition) is 5. The number of aromatic nitrogens is 3. The standard InChI is InChI=1S/C26H25F3N4O2/c1-34-23-10-9-19(26(27,28)29)17-22(23)21-8-5-13-33-25(21)30-24(31-33)18-6-4-7-20(16-18)35-15-14-32-11-2-3-12-32/h4-10,13,16-17H,2-3,11-12,14-15H2,1H3. The molecule has 0 spiro atoms. The topological polar surface area (TPSA) is 51.9 Å². The zero-order chi connectivity index (χ0) is 24.4. The minimum Gasteiger partial charge on any atom is -0.496 e. The molecule has 1 saturated heterocycles. The maximum absolute atomic E-state index is 13.4. The maximum atomic E-state index is 13.4. The van der Waals surface area contributed by atoms with Gasteiger partial charge in [-0.3, -0.25) is 4.90 Å². The first-order valence-electron chi connectivity index (χ1n) is 11.5. The van der Waals surface area contributed by atoms with Crippen LogP contribution in [0.25, 0.3) is 28.2 Å². The normalized spacial score (nSPS) is 14.5. The Bertz CT molecular complexity index is 1330. The van der Waals surface area contributed by atoms with Crippen molar-refractivity contribution in [3.05, 3.63) is 66.4 Å². The van der Waals surface area contributed by atoms with E-state index in [0.29, 0.717) is 35.0 Å². The van der Waals surface area contributed by atoms with Gasteiger partial charge in [0.25, 0.3) is 0 Å². The highest BCUT2D eigenvalue weighted by Crippen LogP contribution is 2.38. The number of ether oxygens (including phenoxy) is 2. The van der Waals surface area contributed by atoms with Crippen molar-refractivity contribution in [2.75, 3.05) is 33.4 Å². The van der Waals surface area contributed by atoms with E-state index < -0.39 is 11.7 Å². The number of benzene rings is 2. The fraction of sp³-hybridized carbons (Fsp3) is 0.308. The molecule has 5 rings (SSSR count). The number of hydrogen-bond donors (Lipinski definition) is 0. The van der Waals surface area contributed by atoms with Gasteiger partial charge in [-0.1, -0.05) is 12.1 Å². The SMILES string of the molecule is COc1ccc(C(F)(F)F)cc1-c1cccn2nc(-c3cccc(OCCN4CCCC4)c3)nc12. The lowest BCUT2D eigenvalue weighted by molar-refractivity contribution is -0.137. The average Bonchev–Trinajstić information content (AvgIpc) is 3.53. The molecule has 1 aliphatic heterocycles. The van der Waals surface area contributed by atoms with Crippen LogP contribution in [0.1, 0.15) is 18.4 Å². The monoisotopic (exact) mass is 482 g/mol. The zero-order valence-corrected chi connectivity index (χ0v) is 19.3. The number of pyridine rings is 1. The van der Waals surface area contributed by atoms with E-state index in [1.165, 1.54) is 26.0 Å². The molecule has 0 radical (unpaired) electrons. The summed E-state index contributed by atoms with van der Waals surface area (Å²) in [7, 11) is 1.43. The molecular weight excluding hydrogens is 457 g/mol. The third-order valence-electron chi connectivity index (χ3n) is 6.15. The Morgan fingerprint density at radius 2 is 1.80 bits per heavy atom. The van der Waals surface area contributed by atoms with Crippen LogP contribution in [0, 0.1) is 0 Å². The lowest BCUT2D eigenvalue weighted by atomic mass is 10.0. The molecule has 2 aromatic carbocycles. The van der Waals surface area contributed by atoms with Gasteiger partial charge in [0.1, 0.15) is 18.1 Å². The number of methoxy groups -OCH3 is 1. The molecule has 2 aromatic heterocycles. The summed E-state index contributed by atoms with van der Waals surface area (Å²) in [6, 6.07) is 14.4. The maximum Gasteiger partial charge on any atom is 0.416 e. The second-order valence-electron chi connectivity index (χ2n) is 8.46. The van der Waals surface area contributed by atoms with E-state index in [0.717, 1.165) is 43.1 Å². The van der Waals surface area contributed by atoms with E-state index in [2.05, 4.69) is 15.0 Å². The van der Waals surface area contributed by atoms with Gasteiger partial charge in [-0.25, -0.2) is 9.50 Å². The van der Waals surface area contributed by atoms with Gasteiger partial charge in [-0.2, -0.15) is 13.2 Å². The van der Waals surface area contributed by atoms with Crippen LogP contribution in [0.15, 0.2) is 60.8 Å². The van der Waals surface area contributed by atoms with Crippen molar-refractivity contribution in [1.29, 1.82) is 0 Å². The number of fused-ring (bicyclic) bond motifs is 1. The summed E-state index contributed by atoms with van der Waals surface area (Å²) in [6.07, 6.45) is -0.279. The lowest BCUT2D eigenvalue weighted by Gasteiger charge is -2.15. The number of alkyl halides is 3. The third-order valence-corrected chi connectivity index (χ3v) is 6.15. The van der Waals surface area contributed by atoms with Crippen LogP contribution in [0.2, 0.25) is 0 Å². The van der Waals surface area contributed by atoms with E-state index >= 15 is 0 Å². The highest BCUT2D eigenvalue weighted by Gasteiger charge is 2.31. The van der Waals surface area contributed by atoms with Gasteiger partial charge in [0.05, 0.1) is 12.7 Å². The van der Waals surface area contributed by atoms with Crippen LogP contribution in [-0.2, 0) is 6.18 Å². The second kappa shape index (κ2) is 9.58. The van der Waals surface area contributed by atoms with E-state index in [9.17, 15) is 13.2 Å². The predicted molar refractivity (Wildman–Crippen MR) is 127 cm³/mol. The van der Waals surface area contributed by atoms with Gasteiger partial charge in [-0.05, 0) is 68.4 Å². The first kappa shape index (κ1) is 23.2. The Hall–Kier alpha value is -3.59. The van der Waals surface area contributed by atoms with Gasteiger partial charge < -0.3 is 9.47 Å². The molecule has 0 bridgehead atoms. The van der Waals surface area contributed by atoms with Crippen molar-refractivity contribution in [3.63, 3.8) is 0 Å². The summed E-state index contributed by atoms with van der Waals surface area (Å²) in [5.74, 6) is 1.50. The van der Waals surface area contributed by atoms with Crippen molar-refractivity contribution in [3.8, 4) is 34.0 Å².